The van der Waals surface area contributed by atoms with Crippen molar-refractivity contribution in [2.45, 2.75) is 24.3 Å². The van der Waals surface area contributed by atoms with Gasteiger partial charge in [0.15, 0.2) is 0 Å². The van der Waals surface area contributed by atoms with Crippen LogP contribution >= 0.6 is 11.8 Å². The number of amides is 1. The van der Waals surface area contributed by atoms with Gasteiger partial charge in [-0.1, -0.05) is 18.2 Å². The molecule has 0 spiro atoms. The summed E-state index contributed by atoms with van der Waals surface area (Å²) < 4.78 is 40.0. The summed E-state index contributed by atoms with van der Waals surface area (Å²) in [6, 6.07) is 9.39. The van der Waals surface area contributed by atoms with Crippen molar-refractivity contribution in [3.8, 4) is 0 Å². The van der Waals surface area contributed by atoms with Crippen LogP contribution in [0.2, 0.25) is 0 Å². The van der Waals surface area contributed by atoms with Gasteiger partial charge in [0.25, 0.3) is 0 Å². The van der Waals surface area contributed by atoms with Gasteiger partial charge in [-0.2, -0.15) is 0 Å². The zero-order valence-corrected chi connectivity index (χ0v) is 13.5. The highest BCUT2D eigenvalue weighted by atomic mass is 32.2. The standard InChI is InChI=1S/C17H16F3NOS/c1-10(12-6-8-13(18)9-7-12)23-11(2)17(22)21-16-14(19)4-3-5-15(16)20/h3-11H,1-2H3,(H,21,22). The van der Waals surface area contributed by atoms with E-state index in [0.717, 1.165) is 17.7 Å². The Bertz CT molecular complexity index is 670. The quantitative estimate of drug-likeness (QED) is 0.837. The van der Waals surface area contributed by atoms with E-state index < -0.39 is 28.5 Å². The largest absolute Gasteiger partial charge is 0.320 e. The second-order valence-corrected chi connectivity index (χ2v) is 6.74. The molecular formula is C17H16F3NOS. The van der Waals surface area contributed by atoms with Crippen molar-refractivity contribution in [2.75, 3.05) is 5.32 Å². The predicted molar refractivity (Wildman–Crippen MR) is 86.9 cm³/mol. The third-order valence-electron chi connectivity index (χ3n) is 3.33. The smallest absolute Gasteiger partial charge is 0.237 e. The van der Waals surface area contributed by atoms with Gasteiger partial charge in [0.2, 0.25) is 5.91 Å². The van der Waals surface area contributed by atoms with Gasteiger partial charge in [-0.15, -0.1) is 11.8 Å². The number of thioether (sulfide) groups is 1. The van der Waals surface area contributed by atoms with Gasteiger partial charge in [-0.3, -0.25) is 4.79 Å². The number of hydrogen-bond donors (Lipinski definition) is 1. The third-order valence-corrected chi connectivity index (χ3v) is 4.63. The average molecular weight is 339 g/mol. The fraction of sp³-hybridized carbons (Fsp3) is 0.235. The lowest BCUT2D eigenvalue weighted by Gasteiger charge is -2.17. The molecule has 0 bridgehead atoms. The number of nitrogens with one attached hydrogen (secondary N) is 1. The van der Waals surface area contributed by atoms with Crippen molar-refractivity contribution >= 4 is 23.4 Å². The van der Waals surface area contributed by atoms with Crippen molar-refractivity contribution < 1.29 is 18.0 Å². The molecule has 2 unspecified atom stereocenters. The second-order valence-electron chi connectivity index (χ2n) is 5.06. The fourth-order valence-electron chi connectivity index (χ4n) is 2.02. The summed E-state index contributed by atoms with van der Waals surface area (Å²) in [6.45, 7) is 3.53. The normalized spacial score (nSPS) is 13.4. The van der Waals surface area contributed by atoms with E-state index in [9.17, 15) is 18.0 Å². The molecule has 1 N–H and O–H groups in total. The van der Waals surface area contributed by atoms with E-state index >= 15 is 0 Å². The highest BCUT2D eigenvalue weighted by molar-refractivity contribution is 8.00. The maximum Gasteiger partial charge on any atom is 0.237 e. The van der Waals surface area contributed by atoms with Crippen molar-refractivity contribution in [1.29, 1.82) is 0 Å². The first-order chi connectivity index (χ1) is 10.9. The van der Waals surface area contributed by atoms with E-state index in [1.54, 1.807) is 19.1 Å². The molecule has 0 aromatic heterocycles. The first-order valence-corrected chi connectivity index (χ1v) is 7.98. The molecule has 0 radical (unpaired) electrons. The van der Waals surface area contributed by atoms with Crippen LogP contribution in [0, 0.1) is 17.5 Å². The molecule has 6 heteroatoms. The Hall–Kier alpha value is -1.95. The molecule has 23 heavy (non-hydrogen) atoms. The molecule has 1 amide bonds. The minimum Gasteiger partial charge on any atom is -0.320 e. The number of hydrogen-bond acceptors (Lipinski definition) is 2. The van der Waals surface area contributed by atoms with E-state index in [1.165, 1.54) is 30.0 Å². The molecule has 0 aliphatic rings. The van der Waals surface area contributed by atoms with Crippen molar-refractivity contribution in [3.63, 3.8) is 0 Å². The van der Waals surface area contributed by atoms with Gasteiger partial charge in [-0.05, 0) is 43.7 Å². The van der Waals surface area contributed by atoms with Gasteiger partial charge in [0.05, 0.1) is 5.25 Å². The first kappa shape index (κ1) is 17.4. The Morgan fingerprint density at radius 1 is 1.00 bits per heavy atom. The highest BCUT2D eigenvalue weighted by Gasteiger charge is 2.20. The third kappa shape index (κ3) is 4.51. The summed E-state index contributed by atoms with van der Waals surface area (Å²) in [6.07, 6.45) is 0. The maximum atomic E-state index is 13.5. The SMILES string of the molecule is CC(SC(C)c1ccc(F)cc1)C(=O)Nc1c(F)cccc1F. The zero-order chi connectivity index (χ0) is 17.0. The average Bonchev–Trinajstić information content (AvgIpc) is 2.51. The van der Waals surface area contributed by atoms with E-state index in [1.807, 2.05) is 6.92 Å². The number of halogens is 3. The molecule has 0 aliphatic heterocycles. The summed E-state index contributed by atoms with van der Waals surface area (Å²) >= 11 is 1.32. The van der Waals surface area contributed by atoms with Crippen LogP contribution in [-0.2, 0) is 4.79 Å². The van der Waals surface area contributed by atoms with Gasteiger partial charge in [0.1, 0.15) is 23.1 Å². The lowest BCUT2D eigenvalue weighted by molar-refractivity contribution is -0.115. The molecule has 0 heterocycles. The highest BCUT2D eigenvalue weighted by Crippen LogP contribution is 2.32. The Kier molecular flexibility index (Phi) is 5.71. The monoisotopic (exact) mass is 339 g/mol. The lowest BCUT2D eigenvalue weighted by Crippen LogP contribution is -2.24. The Balaban J connectivity index is 2.01. The Morgan fingerprint density at radius 3 is 2.13 bits per heavy atom. The van der Waals surface area contributed by atoms with E-state index in [-0.39, 0.29) is 11.1 Å². The number of para-hydroxylation sites is 1. The molecule has 2 rings (SSSR count). The summed E-state index contributed by atoms with van der Waals surface area (Å²) in [7, 11) is 0. The first-order valence-electron chi connectivity index (χ1n) is 7.04. The molecule has 0 saturated carbocycles. The summed E-state index contributed by atoms with van der Waals surface area (Å²) in [4.78, 5) is 12.1. The lowest BCUT2D eigenvalue weighted by atomic mass is 10.2. The van der Waals surface area contributed by atoms with Crippen LogP contribution in [-0.4, -0.2) is 11.2 Å². The van der Waals surface area contributed by atoms with Gasteiger partial charge in [-0.25, -0.2) is 13.2 Å². The minimum atomic E-state index is -0.817. The Labute approximate surface area is 137 Å². The number of rotatable bonds is 5. The van der Waals surface area contributed by atoms with Crippen LogP contribution in [0.25, 0.3) is 0 Å². The predicted octanol–water partition coefficient (Wildman–Crippen LogP) is 4.93. The fourth-order valence-corrected chi connectivity index (χ4v) is 3.13. The molecule has 2 aromatic carbocycles. The van der Waals surface area contributed by atoms with Crippen molar-refractivity contribution in [3.05, 3.63) is 65.5 Å². The number of carbonyl (C=O) groups is 1. The van der Waals surface area contributed by atoms with E-state index in [0.29, 0.717) is 0 Å². The molecule has 0 fully saturated rings. The summed E-state index contributed by atoms with van der Waals surface area (Å²) in [5, 5.41) is 1.67. The van der Waals surface area contributed by atoms with Crippen molar-refractivity contribution in [2.24, 2.45) is 0 Å². The minimum absolute atomic E-state index is 0.0678. The van der Waals surface area contributed by atoms with Gasteiger partial charge in [0, 0.05) is 5.25 Å². The second kappa shape index (κ2) is 7.55. The zero-order valence-electron chi connectivity index (χ0n) is 12.6. The topological polar surface area (TPSA) is 29.1 Å². The van der Waals surface area contributed by atoms with Crippen LogP contribution < -0.4 is 5.32 Å². The molecule has 0 saturated heterocycles. The van der Waals surface area contributed by atoms with Crippen LogP contribution in [0.4, 0.5) is 18.9 Å². The van der Waals surface area contributed by atoms with Gasteiger partial charge < -0.3 is 5.32 Å². The molecule has 2 atom stereocenters. The maximum absolute atomic E-state index is 13.5. The van der Waals surface area contributed by atoms with Crippen LogP contribution in [0.3, 0.4) is 0 Å². The van der Waals surface area contributed by atoms with Crippen LogP contribution in [0.5, 0.6) is 0 Å². The number of anilines is 1. The number of carbonyl (C=O) groups excluding carboxylic acids is 1. The molecule has 122 valence electrons. The van der Waals surface area contributed by atoms with Gasteiger partial charge >= 0.3 is 0 Å². The summed E-state index contributed by atoms with van der Waals surface area (Å²) in [5.74, 6) is -2.45. The van der Waals surface area contributed by atoms with E-state index in [4.69, 9.17) is 0 Å². The summed E-state index contributed by atoms with van der Waals surface area (Å²) in [5.41, 5.74) is 0.424. The van der Waals surface area contributed by atoms with Crippen molar-refractivity contribution in [1.82, 2.24) is 0 Å². The molecule has 2 aromatic rings. The van der Waals surface area contributed by atoms with Crippen LogP contribution in [0.15, 0.2) is 42.5 Å². The molecular weight excluding hydrogens is 323 g/mol. The molecule has 2 nitrogen and oxygen atoms in total. The van der Waals surface area contributed by atoms with E-state index in [2.05, 4.69) is 5.32 Å². The Morgan fingerprint density at radius 2 is 1.57 bits per heavy atom. The number of benzene rings is 2. The molecule has 0 aliphatic carbocycles. The van der Waals surface area contributed by atoms with Crippen LogP contribution in [0.1, 0.15) is 24.7 Å².